The van der Waals surface area contributed by atoms with Crippen LogP contribution in [0, 0.1) is 24.2 Å². The Bertz CT molecular complexity index is 1450. The molecule has 1 saturated heterocycles. The highest BCUT2D eigenvalue weighted by Crippen LogP contribution is 2.42. The van der Waals surface area contributed by atoms with E-state index in [1.165, 1.54) is 9.08 Å². The van der Waals surface area contributed by atoms with Crippen molar-refractivity contribution >= 4 is 28.9 Å². The van der Waals surface area contributed by atoms with Gasteiger partial charge in [0.15, 0.2) is 11.6 Å². The third-order valence-corrected chi connectivity index (χ3v) is 5.94. The molecule has 2 N–H and O–H groups in total. The van der Waals surface area contributed by atoms with Crippen LogP contribution in [0.3, 0.4) is 0 Å². The second-order valence-corrected chi connectivity index (χ2v) is 8.10. The number of fused-ring (bicyclic) bond motifs is 1. The lowest BCUT2D eigenvalue weighted by atomic mass is 9.88. The Balaban J connectivity index is 1.76. The van der Waals surface area contributed by atoms with Crippen LogP contribution in [0.25, 0.3) is 11.3 Å². The van der Waals surface area contributed by atoms with Gasteiger partial charge in [0.1, 0.15) is 23.0 Å². The minimum Gasteiger partial charge on any atom is -0.368 e. The van der Waals surface area contributed by atoms with E-state index in [2.05, 4.69) is 21.0 Å². The molecule has 4 aromatic heterocycles. The molecule has 5 rings (SSSR count). The molecule has 0 bridgehead atoms. The van der Waals surface area contributed by atoms with E-state index in [1.807, 2.05) is 11.8 Å². The van der Waals surface area contributed by atoms with Crippen LogP contribution in [0.2, 0.25) is 5.02 Å². The summed E-state index contributed by atoms with van der Waals surface area (Å²) in [6, 6.07) is 8.76. The maximum atomic E-state index is 13.5. The van der Waals surface area contributed by atoms with Gasteiger partial charge in [-0.05, 0) is 25.1 Å². The number of pyridine rings is 1. The van der Waals surface area contributed by atoms with E-state index >= 15 is 0 Å². The monoisotopic (exact) mass is 447 g/mol. The molecule has 10 nitrogen and oxygen atoms in total. The quantitative estimate of drug-likeness (QED) is 0.506. The fourth-order valence-electron chi connectivity index (χ4n) is 4.17. The van der Waals surface area contributed by atoms with E-state index in [4.69, 9.17) is 22.4 Å². The van der Waals surface area contributed by atoms with Crippen LogP contribution in [-0.2, 0) is 0 Å². The van der Waals surface area contributed by atoms with Crippen LogP contribution >= 0.6 is 11.6 Å². The number of hydrogen-bond donors (Lipinski definition) is 1. The summed E-state index contributed by atoms with van der Waals surface area (Å²) < 4.78 is 2.95. The van der Waals surface area contributed by atoms with Crippen molar-refractivity contribution in [3.63, 3.8) is 0 Å². The fourth-order valence-corrected chi connectivity index (χ4v) is 4.39. The second kappa shape index (κ2) is 7.32. The van der Waals surface area contributed by atoms with E-state index in [-0.39, 0.29) is 29.0 Å². The Morgan fingerprint density at radius 3 is 2.78 bits per heavy atom. The number of nitrogen functional groups attached to an aromatic ring is 1. The van der Waals surface area contributed by atoms with E-state index < -0.39 is 0 Å². The Labute approximate surface area is 187 Å². The summed E-state index contributed by atoms with van der Waals surface area (Å²) in [5, 5.41) is 14.8. The van der Waals surface area contributed by atoms with Crippen molar-refractivity contribution in [1.29, 1.82) is 5.26 Å². The smallest absolute Gasteiger partial charge is 0.285 e. The Kier molecular flexibility index (Phi) is 4.56. The van der Waals surface area contributed by atoms with Crippen molar-refractivity contribution in [3.8, 4) is 11.9 Å². The minimum atomic E-state index is -0.351. The molecule has 4 aromatic rings. The molecule has 32 heavy (non-hydrogen) atoms. The molecule has 1 fully saturated rings. The number of aromatic nitrogens is 6. The zero-order valence-electron chi connectivity index (χ0n) is 17.3. The van der Waals surface area contributed by atoms with Gasteiger partial charge in [0.2, 0.25) is 5.95 Å². The van der Waals surface area contributed by atoms with Gasteiger partial charge in [0, 0.05) is 24.9 Å². The summed E-state index contributed by atoms with van der Waals surface area (Å²) in [6.07, 6.45) is 3.26. The van der Waals surface area contributed by atoms with Crippen LogP contribution in [0.5, 0.6) is 0 Å². The largest absolute Gasteiger partial charge is 0.368 e. The lowest BCUT2D eigenvalue weighted by Crippen LogP contribution is -2.52. The number of nitrogens with two attached hydrogens (primary N) is 1. The van der Waals surface area contributed by atoms with Gasteiger partial charge < -0.3 is 10.6 Å². The number of nitrogens with zero attached hydrogens (tertiary/aromatic N) is 8. The van der Waals surface area contributed by atoms with Crippen LogP contribution < -0.4 is 16.2 Å². The van der Waals surface area contributed by atoms with E-state index in [1.54, 1.807) is 43.6 Å². The summed E-state index contributed by atoms with van der Waals surface area (Å²) in [5.74, 6) is 1.51. The zero-order valence-corrected chi connectivity index (χ0v) is 18.0. The summed E-state index contributed by atoms with van der Waals surface area (Å²) in [5.41, 5.74) is 6.65. The second-order valence-electron chi connectivity index (χ2n) is 7.70. The third kappa shape index (κ3) is 2.90. The number of hydrogen-bond acceptors (Lipinski definition) is 8. The SMILES string of the molecule is Cc1nc(N)nc(N2C[C@H](C)[C@H]2c2nn3ccc(Cl)c3c(=O)n2-c2ccccn2)c1C#N. The molecule has 1 aliphatic heterocycles. The van der Waals surface area contributed by atoms with Gasteiger partial charge in [-0.25, -0.2) is 19.1 Å². The molecule has 0 amide bonds. The van der Waals surface area contributed by atoms with Crippen LogP contribution in [0.15, 0.2) is 41.5 Å². The first-order chi connectivity index (χ1) is 15.4. The number of halogens is 1. The van der Waals surface area contributed by atoms with Crippen LogP contribution in [0.1, 0.15) is 30.0 Å². The van der Waals surface area contributed by atoms with Crippen molar-refractivity contribution in [2.24, 2.45) is 5.92 Å². The van der Waals surface area contributed by atoms with Gasteiger partial charge in [-0.3, -0.25) is 4.79 Å². The molecule has 1 aliphatic rings. The predicted octanol–water partition coefficient (Wildman–Crippen LogP) is 2.28. The molecule has 0 aliphatic carbocycles. The van der Waals surface area contributed by atoms with Crippen LogP contribution in [-0.4, -0.2) is 35.7 Å². The fraction of sp³-hybridized carbons (Fsp3) is 0.238. The maximum Gasteiger partial charge on any atom is 0.285 e. The molecular formula is C21H18ClN9O. The van der Waals surface area contributed by atoms with Crippen molar-refractivity contribution < 1.29 is 0 Å². The summed E-state index contributed by atoms with van der Waals surface area (Å²) in [6.45, 7) is 4.37. The normalized spacial score (nSPS) is 17.9. The number of rotatable bonds is 3. The predicted molar refractivity (Wildman–Crippen MR) is 119 cm³/mol. The Morgan fingerprint density at radius 1 is 1.28 bits per heavy atom. The highest BCUT2D eigenvalue weighted by molar-refractivity contribution is 6.33. The van der Waals surface area contributed by atoms with E-state index in [0.717, 1.165) is 0 Å². The molecule has 0 radical (unpaired) electrons. The van der Waals surface area contributed by atoms with Crippen LogP contribution in [0.4, 0.5) is 11.8 Å². The van der Waals surface area contributed by atoms with E-state index in [0.29, 0.717) is 40.3 Å². The van der Waals surface area contributed by atoms with Gasteiger partial charge in [-0.1, -0.05) is 24.6 Å². The molecule has 11 heteroatoms. The number of nitriles is 1. The molecule has 160 valence electrons. The van der Waals surface area contributed by atoms with Gasteiger partial charge >= 0.3 is 0 Å². The molecule has 2 atom stereocenters. The molecular weight excluding hydrogens is 430 g/mol. The third-order valence-electron chi connectivity index (χ3n) is 5.64. The Hall–Kier alpha value is -3.97. The lowest BCUT2D eigenvalue weighted by Gasteiger charge is -2.47. The maximum absolute atomic E-state index is 13.5. The first kappa shape index (κ1) is 20.0. The molecule has 5 heterocycles. The van der Waals surface area contributed by atoms with Crippen molar-refractivity contribution in [2.75, 3.05) is 17.2 Å². The van der Waals surface area contributed by atoms with Gasteiger partial charge in [0.25, 0.3) is 5.56 Å². The first-order valence-electron chi connectivity index (χ1n) is 9.92. The zero-order chi connectivity index (χ0) is 22.6. The minimum absolute atomic E-state index is 0.0810. The standard InChI is InChI=1S/C21H18ClN9O/c1-11-10-29(18-13(9-23)12(2)26-21(24)27-18)16(11)19-28-30-8-6-14(22)17(30)20(32)31(19)15-5-3-4-7-25-15/h3-8,11,16H,10H2,1-2H3,(H2,24,26,27)/t11-,16-/m0/s1. The highest BCUT2D eigenvalue weighted by Gasteiger charge is 2.43. The molecule has 0 spiro atoms. The number of aryl methyl sites for hydroxylation is 1. The van der Waals surface area contributed by atoms with Gasteiger partial charge in [0.05, 0.1) is 16.8 Å². The molecule has 0 unspecified atom stereocenters. The first-order valence-corrected chi connectivity index (χ1v) is 10.3. The summed E-state index contributed by atoms with van der Waals surface area (Å²) in [7, 11) is 0. The van der Waals surface area contributed by atoms with Gasteiger partial charge in [-0.2, -0.15) is 15.3 Å². The van der Waals surface area contributed by atoms with Crippen molar-refractivity contribution in [2.45, 2.75) is 19.9 Å². The average molecular weight is 448 g/mol. The molecule has 0 aromatic carbocycles. The Morgan fingerprint density at radius 2 is 2.09 bits per heavy atom. The average Bonchev–Trinajstić information content (AvgIpc) is 3.13. The molecule has 0 saturated carbocycles. The van der Waals surface area contributed by atoms with E-state index in [9.17, 15) is 10.1 Å². The summed E-state index contributed by atoms with van der Waals surface area (Å²) >= 11 is 6.27. The van der Waals surface area contributed by atoms with Crippen molar-refractivity contribution in [3.05, 3.63) is 69.1 Å². The topological polar surface area (TPSA) is 131 Å². The highest BCUT2D eigenvalue weighted by atomic mass is 35.5. The lowest BCUT2D eigenvalue weighted by molar-refractivity contribution is 0.299. The van der Waals surface area contributed by atoms with Crippen molar-refractivity contribution in [1.82, 2.24) is 29.1 Å². The number of anilines is 2. The van der Waals surface area contributed by atoms with Gasteiger partial charge in [-0.15, -0.1) is 0 Å². The summed E-state index contributed by atoms with van der Waals surface area (Å²) in [4.78, 5) is 28.3.